The molecule has 0 aliphatic carbocycles. The molecule has 0 aliphatic rings. The van der Waals surface area contributed by atoms with Gasteiger partial charge in [-0.3, -0.25) is 0 Å². The lowest BCUT2D eigenvalue weighted by Crippen LogP contribution is -1.82. The van der Waals surface area contributed by atoms with Gasteiger partial charge >= 0.3 is 0 Å². The average molecular weight is 214 g/mol. The predicted molar refractivity (Wildman–Crippen MR) is 71.6 cm³/mol. The summed E-state index contributed by atoms with van der Waals surface area (Å²) in [6.07, 6.45) is 6.23. The molecule has 0 saturated heterocycles. The molecule has 0 amide bonds. The maximum Gasteiger partial charge on any atom is 0.0248 e. The highest BCUT2D eigenvalue weighted by Crippen LogP contribution is 2.08. The van der Waals surface area contributed by atoms with Crippen LogP contribution in [-0.2, 0) is 0 Å². The van der Waals surface area contributed by atoms with Crippen LogP contribution < -0.4 is 0 Å². The molecule has 0 heteroatoms. The molecule has 0 unspecified atom stereocenters. The maximum atomic E-state index is 3.26. The van der Waals surface area contributed by atoms with Crippen molar-refractivity contribution in [3.63, 3.8) is 0 Å². The van der Waals surface area contributed by atoms with Gasteiger partial charge in [0.1, 0.15) is 0 Å². The number of benzene rings is 1. The molecule has 86 valence electrons. The predicted octanol–water partition coefficient (Wildman–Crippen LogP) is 4.63. The fourth-order valence-corrected chi connectivity index (χ4v) is 1.62. The van der Waals surface area contributed by atoms with E-state index in [0.29, 0.717) is 0 Å². The molecule has 0 bridgehead atoms. The van der Waals surface area contributed by atoms with E-state index in [1.807, 2.05) is 0 Å². The summed E-state index contributed by atoms with van der Waals surface area (Å²) in [5.41, 5.74) is 3.82. The largest absolute Gasteiger partial charge is 0.0979 e. The lowest BCUT2D eigenvalue weighted by molar-refractivity contribution is 0.679. The van der Waals surface area contributed by atoms with E-state index in [0.717, 1.165) is 12.0 Å². The molecule has 0 N–H and O–H groups in total. The van der Waals surface area contributed by atoms with E-state index in [-0.39, 0.29) is 0 Å². The average Bonchev–Trinajstić information content (AvgIpc) is 2.28. The Hall–Kier alpha value is -1.22. The highest BCUT2D eigenvalue weighted by atomic mass is 14.0. The number of aryl methyl sites for hydroxylation is 2. The van der Waals surface area contributed by atoms with Crippen LogP contribution in [0.2, 0.25) is 0 Å². The molecule has 0 spiro atoms. The Balaban J connectivity index is 2.41. The van der Waals surface area contributed by atoms with Crippen molar-refractivity contribution >= 4 is 0 Å². The van der Waals surface area contributed by atoms with Gasteiger partial charge < -0.3 is 0 Å². The van der Waals surface area contributed by atoms with E-state index < -0.39 is 0 Å². The Labute approximate surface area is 100 Å². The SMILES string of the molecule is CCCCCCC#Cc1ccc(C)c(C)c1. The second-order valence-electron chi connectivity index (χ2n) is 4.41. The van der Waals surface area contributed by atoms with Crippen molar-refractivity contribution in [3.05, 3.63) is 34.9 Å². The van der Waals surface area contributed by atoms with E-state index >= 15 is 0 Å². The lowest BCUT2D eigenvalue weighted by atomic mass is 10.1. The van der Waals surface area contributed by atoms with Gasteiger partial charge in [0.25, 0.3) is 0 Å². The van der Waals surface area contributed by atoms with Gasteiger partial charge in [-0.25, -0.2) is 0 Å². The summed E-state index contributed by atoms with van der Waals surface area (Å²) >= 11 is 0. The Kier molecular flexibility index (Phi) is 5.72. The molecule has 0 aromatic heterocycles. The number of hydrogen-bond donors (Lipinski definition) is 0. The summed E-state index contributed by atoms with van der Waals surface area (Å²) in [7, 11) is 0. The van der Waals surface area contributed by atoms with Crippen LogP contribution in [0.15, 0.2) is 18.2 Å². The molecule has 1 aromatic rings. The van der Waals surface area contributed by atoms with Crippen molar-refractivity contribution < 1.29 is 0 Å². The normalized spacial score (nSPS) is 9.69. The van der Waals surface area contributed by atoms with Crippen molar-refractivity contribution in [1.82, 2.24) is 0 Å². The molecule has 1 rings (SSSR count). The molecule has 0 fully saturated rings. The van der Waals surface area contributed by atoms with Crippen molar-refractivity contribution in [2.24, 2.45) is 0 Å². The zero-order valence-electron chi connectivity index (χ0n) is 10.8. The first-order chi connectivity index (χ1) is 7.74. The summed E-state index contributed by atoms with van der Waals surface area (Å²) in [5, 5.41) is 0. The van der Waals surface area contributed by atoms with Gasteiger partial charge in [-0.15, -0.1) is 0 Å². The molecular formula is C16H22. The van der Waals surface area contributed by atoms with Gasteiger partial charge in [0.15, 0.2) is 0 Å². The van der Waals surface area contributed by atoms with E-state index in [1.54, 1.807) is 0 Å². The fraction of sp³-hybridized carbons (Fsp3) is 0.500. The molecule has 0 atom stereocenters. The number of hydrogen-bond acceptors (Lipinski definition) is 0. The van der Waals surface area contributed by atoms with Crippen LogP contribution in [0.1, 0.15) is 55.7 Å². The topological polar surface area (TPSA) is 0 Å². The fourth-order valence-electron chi connectivity index (χ4n) is 1.62. The summed E-state index contributed by atoms with van der Waals surface area (Å²) < 4.78 is 0. The van der Waals surface area contributed by atoms with Gasteiger partial charge in [0, 0.05) is 12.0 Å². The van der Waals surface area contributed by atoms with Crippen molar-refractivity contribution in [2.45, 2.75) is 52.9 Å². The maximum absolute atomic E-state index is 3.26. The molecule has 0 radical (unpaired) electrons. The van der Waals surface area contributed by atoms with E-state index in [2.05, 4.69) is 50.8 Å². The minimum absolute atomic E-state index is 1.03. The van der Waals surface area contributed by atoms with Crippen LogP contribution in [0, 0.1) is 25.7 Å². The van der Waals surface area contributed by atoms with Gasteiger partial charge in [0.2, 0.25) is 0 Å². The van der Waals surface area contributed by atoms with Gasteiger partial charge in [-0.05, 0) is 43.5 Å². The van der Waals surface area contributed by atoms with Gasteiger partial charge in [-0.1, -0.05) is 44.1 Å². The van der Waals surface area contributed by atoms with E-state index in [9.17, 15) is 0 Å². The molecule has 0 nitrogen and oxygen atoms in total. The Morgan fingerprint density at radius 2 is 1.81 bits per heavy atom. The minimum atomic E-state index is 1.03. The van der Waals surface area contributed by atoms with E-state index in [1.165, 1.54) is 36.8 Å². The van der Waals surface area contributed by atoms with Crippen LogP contribution in [0.4, 0.5) is 0 Å². The molecule has 1 aromatic carbocycles. The first-order valence-corrected chi connectivity index (χ1v) is 6.30. The highest BCUT2D eigenvalue weighted by Gasteiger charge is 1.92. The van der Waals surface area contributed by atoms with Crippen LogP contribution >= 0.6 is 0 Å². The van der Waals surface area contributed by atoms with Gasteiger partial charge in [-0.2, -0.15) is 0 Å². The molecular weight excluding hydrogens is 192 g/mol. The van der Waals surface area contributed by atoms with Gasteiger partial charge in [0.05, 0.1) is 0 Å². The summed E-state index contributed by atoms with van der Waals surface area (Å²) in [6, 6.07) is 6.44. The summed E-state index contributed by atoms with van der Waals surface area (Å²) in [6.45, 7) is 6.51. The second kappa shape index (κ2) is 7.12. The number of rotatable bonds is 4. The van der Waals surface area contributed by atoms with Crippen LogP contribution in [0.25, 0.3) is 0 Å². The second-order valence-corrected chi connectivity index (χ2v) is 4.41. The Morgan fingerprint density at radius 1 is 1.00 bits per heavy atom. The van der Waals surface area contributed by atoms with Crippen molar-refractivity contribution in [3.8, 4) is 11.8 Å². The standard InChI is InChI=1S/C16H22/c1-4-5-6-7-8-9-10-16-12-11-14(2)15(3)13-16/h11-13H,4-8H2,1-3H3. The molecule has 16 heavy (non-hydrogen) atoms. The zero-order chi connectivity index (χ0) is 11.8. The van der Waals surface area contributed by atoms with Crippen molar-refractivity contribution in [2.75, 3.05) is 0 Å². The van der Waals surface area contributed by atoms with Crippen molar-refractivity contribution in [1.29, 1.82) is 0 Å². The Morgan fingerprint density at radius 3 is 2.50 bits per heavy atom. The third kappa shape index (κ3) is 4.53. The quantitative estimate of drug-likeness (QED) is 0.506. The van der Waals surface area contributed by atoms with Crippen LogP contribution in [0.5, 0.6) is 0 Å². The van der Waals surface area contributed by atoms with Crippen LogP contribution in [0.3, 0.4) is 0 Å². The first kappa shape index (κ1) is 12.8. The highest BCUT2D eigenvalue weighted by molar-refractivity contribution is 5.39. The lowest BCUT2D eigenvalue weighted by Gasteiger charge is -1.98. The summed E-state index contributed by atoms with van der Waals surface area (Å²) in [4.78, 5) is 0. The summed E-state index contributed by atoms with van der Waals surface area (Å²) in [5.74, 6) is 6.50. The monoisotopic (exact) mass is 214 g/mol. The number of unbranched alkanes of at least 4 members (excludes halogenated alkanes) is 4. The Bertz CT molecular complexity index is 377. The zero-order valence-corrected chi connectivity index (χ0v) is 10.8. The molecule has 0 aliphatic heterocycles. The molecule has 0 heterocycles. The molecule has 0 saturated carbocycles. The minimum Gasteiger partial charge on any atom is -0.0979 e. The van der Waals surface area contributed by atoms with Crippen LogP contribution in [-0.4, -0.2) is 0 Å². The third-order valence-electron chi connectivity index (χ3n) is 2.89. The van der Waals surface area contributed by atoms with E-state index in [4.69, 9.17) is 0 Å². The first-order valence-electron chi connectivity index (χ1n) is 6.30. The smallest absolute Gasteiger partial charge is 0.0248 e. The third-order valence-corrected chi connectivity index (χ3v) is 2.89.